The van der Waals surface area contributed by atoms with Gasteiger partial charge in [-0.05, 0) is 48.0 Å². The molecule has 0 atom stereocenters. The van der Waals surface area contributed by atoms with E-state index in [0.717, 1.165) is 21.6 Å². The van der Waals surface area contributed by atoms with E-state index in [-0.39, 0.29) is 5.91 Å². The molecule has 24 heavy (non-hydrogen) atoms. The standard InChI is InChI=1S/C16H17BrN6O/c1-11-15(17)12(2)23(20-11)10-22-8-6-14(21-22)16(24)19-9-13-5-3-4-7-18-13/h3-8H,9-10H2,1-2H3,(H,19,24). The molecular weight excluding hydrogens is 372 g/mol. The first-order valence-corrected chi connectivity index (χ1v) is 8.25. The Kier molecular flexibility index (Phi) is 4.75. The van der Waals surface area contributed by atoms with Crippen molar-refractivity contribution >= 4 is 21.8 Å². The lowest BCUT2D eigenvalue weighted by Crippen LogP contribution is -2.24. The molecule has 7 nitrogen and oxygen atoms in total. The highest BCUT2D eigenvalue weighted by Gasteiger charge is 2.12. The van der Waals surface area contributed by atoms with Crippen LogP contribution in [0, 0.1) is 13.8 Å². The summed E-state index contributed by atoms with van der Waals surface area (Å²) in [5.41, 5.74) is 3.11. The van der Waals surface area contributed by atoms with Crippen molar-refractivity contribution in [2.45, 2.75) is 27.1 Å². The maximum atomic E-state index is 12.2. The average molecular weight is 389 g/mol. The minimum Gasteiger partial charge on any atom is -0.345 e. The predicted molar refractivity (Wildman–Crippen MR) is 92.4 cm³/mol. The minimum absolute atomic E-state index is 0.228. The molecule has 0 aliphatic carbocycles. The minimum atomic E-state index is -0.228. The molecule has 124 valence electrons. The van der Waals surface area contributed by atoms with E-state index in [1.54, 1.807) is 23.1 Å². The summed E-state index contributed by atoms with van der Waals surface area (Å²) < 4.78 is 4.51. The first kappa shape index (κ1) is 16.4. The molecule has 3 rings (SSSR count). The van der Waals surface area contributed by atoms with Crippen LogP contribution in [0.2, 0.25) is 0 Å². The maximum absolute atomic E-state index is 12.2. The fourth-order valence-electron chi connectivity index (χ4n) is 2.28. The Morgan fingerprint density at radius 1 is 1.25 bits per heavy atom. The van der Waals surface area contributed by atoms with E-state index in [1.807, 2.05) is 36.7 Å². The van der Waals surface area contributed by atoms with Crippen LogP contribution < -0.4 is 5.32 Å². The van der Waals surface area contributed by atoms with Gasteiger partial charge in [0, 0.05) is 12.4 Å². The average Bonchev–Trinajstić information content (AvgIpc) is 3.15. The zero-order valence-corrected chi connectivity index (χ0v) is 15.0. The summed E-state index contributed by atoms with van der Waals surface area (Å²) in [5.74, 6) is -0.228. The van der Waals surface area contributed by atoms with E-state index < -0.39 is 0 Å². The number of halogens is 1. The summed E-state index contributed by atoms with van der Waals surface area (Å²) in [5, 5.41) is 11.6. The Morgan fingerprint density at radius 2 is 2.08 bits per heavy atom. The van der Waals surface area contributed by atoms with Crippen molar-refractivity contribution < 1.29 is 4.79 Å². The third-order valence-corrected chi connectivity index (χ3v) is 4.75. The molecular formula is C16H17BrN6O. The lowest BCUT2D eigenvalue weighted by molar-refractivity contribution is 0.0944. The van der Waals surface area contributed by atoms with E-state index >= 15 is 0 Å². The van der Waals surface area contributed by atoms with Crippen LogP contribution in [0.4, 0.5) is 0 Å². The van der Waals surface area contributed by atoms with E-state index in [0.29, 0.717) is 18.9 Å². The number of amides is 1. The van der Waals surface area contributed by atoms with Crippen LogP contribution >= 0.6 is 15.9 Å². The molecule has 1 amide bonds. The SMILES string of the molecule is Cc1nn(Cn2ccc(C(=O)NCc3ccccn3)n2)c(C)c1Br. The number of nitrogens with zero attached hydrogens (tertiary/aromatic N) is 5. The van der Waals surface area contributed by atoms with E-state index in [2.05, 4.69) is 36.4 Å². The van der Waals surface area contributed by atoms with Gasteiger partial charge in [0.1, 0.15) is 12.4 Å². The third-order valence-electron chi connectivity index (χ3n) is 3.60. The van der Waals surface area contributed by atoms with Gasteiger partial charge in [-0.15, -0.1) is 0 Å². The largest absolute Gasteiger partial charge is 0.345 e. The summed E-state index contributed by atoms with van der Waals surface area (Å²) in [7, 11) is 0. The molecule has 0 saturated heterocycles. The van der Waals surface area contributed by atoms with Gasteiger partial charge in [0.25, 0.3) is 5.91 Å². The molecule has 1 N–H and O–H groups in total. The van der Waals surface area contributed by atoms with Crippen molar-refractivity contribution in [1.29, 1.82) is 0 Å². The Morgan fingerprint density at radius 3 is 2.75 bits per heavy atom. The van der Waals surface area contributed by atoms with Gasteiger partial charge < -0.3 is 5.32 Å². The first-order valence-electron chi connectivity index (χ1n) is 7.45. The van der Waals surface area contributed by atoms with Crippen LogP contribution in [0.1, 0.15) is 27.6 Å². The maximum Gasteiger partial charge on any atom is 0.272 e. The van der Waals surface area contributed by atoms with Gasteiger partial charge in [0.05, 0.1) is 28.1 Å². The highest BCUT2D eigenvalue weighted by molar-refractivity contribution is 9.10. The van der Waals surface area contributed by atoms with E-state index in [1.165, 1.54) is 0 Å². The Balaban J connectivity index is 1.64. The number of pyridine rings is 1. The number of carbonyl (C=O) groups is 1. The lowest BCUT2D eigenvalue weighted by atomic mass is 10.3. The molecule has 0 saturated carbocycles. The Hall–Kier alpha value is -2.48. The molecule has 0 aliphatic rings. The number of aryl methyl sites for hydroxylation is 1. The predicted octanol–water partition coefficient (Wildman–Crippen LogP) is 2.29. The highest BCUT2D eigenvalue weighted by Crippen LogP contribution is 2.19. The summed E-state index contributed by atoms with van der Waals surface area (Å²) in [6.07, 6.45) is 3.46. The second-order valence-electron chi connectivity index (χ2n) is 5.37. The van der Waals surface area contributed by atoms with Gasteiger partial charge >= 0.3 is 0 Å². The molecule has 8 heteroatoms. The monoisotopic (exact) mass is 388 g/mol. The number of hydrogen-bond donors (Lipinski definition) is 1. The molecule has 0 aromatic carbocycles. The van der Waals surface area contributed by atoms with Crippen molar-refractivity contribution in [3.63, 3.8) is 0 Å². The van der Waals surface area contributed by atoms with Gasteiger partial charge in [0.2, 0.25) is 0 Å². The van der Waals surface area contributed by atoms with Crippen molar-refractivity contribution in [3.05, 3.63) is 63.9 Å². The Bertz CT molecular complexity index is 855. The Labute approximate surface area is 147 Å². The fraction of sp³-hybridized carbons (Fsp3) is 0.250. The second-order valence-corrected chi connectivity index (χ2v) is 6.16. The zero-order chi connectivity index (χ0) is 17.1. The molecule has 0 aliphatic heterocycles. The molecule has 3 aromatic heterocycles. The lowest BCUT2D eigenvalue weighted by Gasteiger charge is -2.05. The number of carbonyl (C=O) groups excluding carboxylic acids is 1. The number of rotatable bonds is 5. The summed E-state index contributed by atoms with van der Waals surface area (Å²) in [6, 6.07) is 7.27. The third kappa shape index (κ3) is 3.53. The topological polar surface area (TPSA) is 77.6 Å². The molecule has 0 unspecified atom stereocenters. The van der Waals surface area contributed by atoms with Crippen molar-refractivity contribution in [2.75, 3.05) is 0 Å². The normalized spacial score (nSPS) is 10.8. The molecule has 0 fully saturated rings. The zero-order valence-electron chi connectivity index (χ0n) is 13.4. The van der Waals surface area contributed by atoms with Crippen molar-refractivity contribution in [3.8, 4) is 0 Å². The molecule has 3 aromatic rings. The van der Waals surface area contributed by atoms with E-state index in [9.17, 15) is 4.79 Å². The van der Waals surface area contributed by atoms with Crippen LogP contribution in [0.3, 0.4) is 0 Å². The fourth-order valence-corrected chi connectivity index (χ4v) is 2.56. The number of hydrogen-bond acceptors (Lipinski definition) is 4. The van der Waals surface area contributed by atoms with Crippen LogP contribution in [-0.2, 0) is 13.2 Å². The first-order chi connectivity index (χ1) is 11.5. The van der Waals surface area contributed by atoms with Gasteiger partial charge in [-0.25, -0.2) is 4.68 Å². The summed E-state index contributed by atoms with van der Waals surface area (Å²) >= 11 is 3.50. The number of aromatic nitrogens is 5. The van der Waals surface area contributed by atoms with Crippen LogP contribution in [0.25, 0.3) is 0 Å². The summed E-state index contributed by atoms with van der Waals surface area (Å²) in [4.78, 5) is 16.3. The molecule has 0 radical (unpaired) electrons. The number of nitrogens with one attached hydrogen (secondary N) is 1. The smallest absolute Gasteiger partial charge is 0.272 e. The van der Waals surface area contributed by atoms with Gasteiger partial charge in [-0.3, -0.25) is 14.5 Å². The molecule has 3 heterocycles. The van der Waals surface area contributed by atoms with Gasteiger partial charge in [-0.2, -0.15) is 10.2 Å². The molecule has 0 spiro atoms. The van der Waals surface area contributed by atoms with Crippen molar-refractivity contribution in [2.24, 2.45) is 0 Å². The van der Waals surface area contributed by atoms with E-state index in [4.69, 9.17) is 0 Å². The summed E-state index contributed by atoms with van der Waals surface area (Å²) in [6.45, 7) is 4.74. The van der Waals surface area contributed by atoms with Gasteiger partial charge in [0.15, 0.2) is 0 Å². The van der Waals surface area contributed by atoms with Crippen LogP contribution in [0.5, 0.6) is 0 Å². The quantitative estimate of drug-likeness (QED) is 0.727. The van der Waals surface area contributed by atoms with Crippen LogP contribution in [0.15, 0.2) is 41.1 Å². The second kappa shape index (κ2) is 6.96. The van der Waals surface area contributed by atoms with Crippen molar-refractivity contribution in [1.82, 2.24) is 29.9 Å². The molecule has 0 bridgehead atoms. The van der Waals surface area contributed by atoms with Gasteiger partial charge in [-0.1, -0.05) is 6.07 Å². The van der Waals surface area contributed by atoms with Crippen LogP contribution in [-0.4, -0.2) is 30.5 Å². The highest BCUT2D eigenvalue weighted by atomic mass is 79.9.